The molecule has 0 N–H and O–H groups in total. The normalized spacial score (nSPS) is 14.9. The smallest absolute Gasteiger partial charge is 0.270 e. The SMILES string of the molecule is Cc1cc2c(cc(C(=O)N3CCN(Cc4ccccc4)CC3)n2Cc2cccc(Cl)c2)s1. The highest BCUT2D eigenvalue weighted by atomic mass is 35.5. The van der Waals surface area contributed by atoms with Gasteiger partial charge in [-0.05, 0) is 42.3 Å². The van der Waals surface area contributed by atoms with Gasteiger partial charge in [-0.25, -0.2) is 0 Å². The van der Waals surface area contributed by atoms with Crippen molar-refractivity contribution in [2.75, 3.05) is 26.2 Å². The minimum atomic E-state index is 0.118. The molecule has 4 aromatic rings. The Hall–Kier alpha value is -2.60. The molecule has 5 rings (SSSR count). The first kappa shape index (κ1) is 21.3. The Morgan fingerprint density at radius 2 is 1.66 bits per heavy atom. The highest BCUT2D eigenvalue weighted by Crippen LogP contribution is 2.30. The van der Waals surface area contributed by atoms with Crippen LogP contribution in [0.15, 0.2) is 66.7 Å². The van der Waals surface area contributed by atoms with Gasteiger partial charge in [0.1, 0.15) is 5.69 Å². The van der Waals surface area contributed by atoms with Crippen LogP contribution in [0.1, 0.15) is 26.5 Å². The lowest BCUT2D eigenvalue weighted by atomic mass is 10.2. The summed E-state index contributed by atoms with van der Waals surface area (Å²) in [4.78, 5) is 19.2. The lowest BCUT2D eigenvalue weighted by Gasteiger charge is -2.35. The number of hydrogen-bond acceptors (Lipinski definition) is 3. The first-order valence-corrected chi connectivity index (χ1v) is 12.2. The van der Waals surface area contributed by atoms with Crippen LogP contribution in [0.2, 0.25) is 5.02 Å². The number of carbonyl (C=O) groups is 1. The van der Waals surface area contributed by atoms with Crippen molar-refractivity contribution < 1.29 is 4.79 Å². The van der Waals surface area contributed by atoms with E-state index >= 15 is 0 Å². The average Bonchev–Trinajstić information content (AvgIpc) is 3.31. The highest BCUT2D eigenvalue weighted by Gasteiger charge is 2.26. The monoisotopic (exact) mass is 463 g/mol. The van der Waals surface area contributed by atoms with Gasteiger partial charge in [-0.2, -0.15) is 0 Å². The Kier molecular flexibility index (Phi) is 6.05. The first-order chi connectivity index (χ1) is 15.6. The molecule has 0 aliphatic carbocycles. The van der Waals surface area contributed by atoms with Gasteiger partial charge >= 0.3 is 0 Å². The predicted octanol–water partition coefficient (Wildman–Crippen LogP) is 5.67. The molecule has 1 amide bonds. The number of carbonyl (C=O) groups excluding carboxylic acids is 1. The molecule has 0 bridgehead atoms. The van der Waals surface area contributed by atoms with Gasteiger partial charge in [0.05, 0.1) is 10.2 Å². The van der Waals surface area contributed by atoms with Crippen LogP contribution in [0.4, 0.5) is 0 Å². The number of benzene rings is 2. The van der Waals surface area contributed by atoms with Crippen molar-refractivity contribution in [3.8, 4) is 0 Å². The van der Waals surface area contributed by atoms with E-state index < -0.39 is 0 Å². The molecule has 2 aromatic carbocycles. The second-order valence-corrected chi connectivity index (χ2v) is 10.1. The summed E-state index contributed by atoms with van der Waals surface area (Å²) >= 11 is 7.96. The minimum Gasteiger partial charge on any atom is -0.335 e. The van der Waals surface area contributed by atoms with Crippen LogP contribution in [-0.4, -0.2) is 46.5 Å². The van der Waals surface area contributed by atoms with Crippen LogP contribution in [0.3, 0.4) is 0 Å². The topological polar surface area (TPSA) is 28.5 Å². The number of thiophene rings is 1. The fraction of sp³-hybridized carbons (Fsp3) is 0.269. The molecule has 32 heavy (non-hydrogen) atoms. The fourth-order valence-corrected chi connectivity index (χ4v) is 5.62. The number of aryl methyl sites for hydroxylation is 1. The number of rotatable bonds is 5. The van der Waals surface area contributed by atoms with Gasteiger partial charge in [0.25, 0.3) is 5.91 Å². The Balaban J connectivity index is 1.35. The number of nitrogens with zero attached hydrogens (tertiary/aromatic N) is 3. The Bertz CT molecular complexity index is 1240. The standard InChI is InChI=1S/C26H26ClN3OS/c1-19-14-23-25(32-19)16-24(30(23)18-21-8-5-9-22(27)15-21)26(31)29-12-10-28(11-13-29)17-20-6-3-2-4-7-20/h2-9,14-16H,10-13,17-18H2,1H3. The summed E-state index contributed by atoms with van der Waals surface area (Å²) in [5.41, 5.74) is 4.31. The number of halogens is 1. The van der Waals surface area contributed by atoms with E-state index in [1.54, 1.807) is 11.3 Å². The van der Waals surface area contributed by atoms with E-state index in [-0.39, 0.29) is 5.91 Å². The average molecular weight is 464 g/mol. The predicted molar refractivity (Wildman–Crippen MR) is 133 cm³/mol. The number of hydrogen-bond donors (Lipinski definition) is 0. The highest BCUT2D eigenvalue weighted by molar-refractivity contribution is 7.19. The molecule has 1 fully saturated rings. The van der Waals surface area contributed by atoms with Crippen LogP contribution in [0.5, 0.6) is 0 Å². The third-order valence-corrected chi connectivity index (χ3v) is 7.29. The summed E-state index contributed by atoms with van der Waals surface area (Å²) in [6.45, 7) is 6.97. The molecule has 0 radical (unpaired) electrons. The summed E-state index contributed by atoms with van der Waals surface area (Å²) in [5, 5.41) is 0.717. The summed E-state index contributed by atoms with van der Waals surface area (Å²) in [6.07, 6.45) is 0. The first-order valence-electron chi connectivity index (χ1n) is 11.0. The van der Waals surface area contributed by atoms with E-state index in [1.165, 1.54) is 10.4 Å². The molecule has 1 aliphatic rings. The largest absolute Gasteiger partial charge is 0.335 e. The van der Waals surface area contributed by atoms with E-state index in [0.29, 0.717) is 6.54 Å². The molecular weight excluding hydrogens is 438 g/mol. The van der Waals surface area contributed by atoms with Crippen LogP contribution in [-0.2, 0) is 13.1 Å². The van der Waals surface area contributed by atoms with Crippen LogP contribution in [0, 0.1) is 6.92 Å². The third-order valence-electron chi connectivity index (χ3n) is 6.07. The third kappa shape index (κ3) is 4.46. The molecule has 0 atom stereocenters. The van der Waals surface area contributed by atoms with Crippen molar-refractivity contribution in [2.45, 2.75) is 20.0 Å². The van der Waals surface area contributed by atoms with E-state index in [0.717, 1.165) is 59.2 Å². The molecule has 6 heteroatoms. The number of piperazine rings is 1. The zero-order valence-corrected chi connectivity index (χ0v) is 19.7. The summed E-state index contributed by atoms with van der Waals surface area (Å²) in [7, 11) is 0. The molecule has 0 saturated carbocycles. The molecule has 1 saturated heterocycles. The lowest BCUT2D eigenvalue weighted by molar-refractivity contribution is 0.0619. The summed E-state index contributed by atoms with van der Waals surface area (Å²) in [6, 6.07) is 22.7. The quantitative estimate of drug-likeness (QED) is 0.381. The van der Waals surface area contributed by atoms with Gasteiger partial charge in [0.2, 0.25) is 0 Å². The lowest BCUT2D eigenvalue weighted by Crippen LogP contribution is -2.48. The van der Waals surface area contributed by atoms with Crippen molar-refractivity contribution in [1.82, 2.24) is 14.4 Å². The zero-order chi connectivity index (χ0) is 22.1. The molecular formula is C26H26ClN3OS. The Morgan fingerprint density at radius 1 is 0.906 bits per heavy atom. The van der Waals surface area contributed by atoms with Crippen LogP contribution >= 0.6 is 22.9 Å². The maximum Gasteiger partial charge on any atom is 0.270 e. The molecule has 1 aliphatic heterocycles. The number of aromatic nitrogens is 1. The van der Waals surface area contributed by atoms with Crippen LogP contribution < -0.4 is 0 Å². The maximum absolute atomic E-state index is 13.6. The van der Waals surface area contributed by atoms with Crippen molar-refractivity contribution in [2.24, 2.45) is 0 Å². The second kappa shape index (κ2) is 9.10. The number of amides is 1. The maximum atomic E-state index is 13.6. The molecule has 3 heterocycles. The molecule has 4 nitrogen and oxygen atoms in total. The van der Waals surface area contributed by atoms with Crippen molar-refractivity contribution in [3.63, 3.8) is 0 Å². The van der Waals surface area contributed by atoms with Gasteiger partial charge in [0.15, 0.2) is 0 Å². The second-order valence-electron chi connectivity index (χ2n) is 8.41. The van der Waals surface area contributed by atoms with Gasteiger partial charge in [0, 0.05) is 49.2 Å². The zero-order valence-electron chi connectivity index (χ0n) is 18.1. The van der Waals surface area contributed by atoms with Gasteiger partial charge < -0.3 is 9.47 Å². The molecule has 0 unspecified atom stereocenters. The van der Waals surface area contributed by atoms with Crippen LogP contribution in [0.25, 0.3) is 10.2 Å². The van der Waals surface area contributed by atoms with E-state index in [1.807, 2.05) is 29.2 Å². The summed E-state index contributed by atoms with van der Waals surface area (Å²) in [5.74, 6) is 0.118. The molecule has 0 spiro atoms. The minimum absolute atomic E-state index is 0.118. The van der Waals surface area contributed by atoms with E-state index in [2.05, 4.69) is 58.9 Å². The molecule has 2 aromatic heterocycles. The fourth-order valence-electron chi connectivity index (χ4n) is 4.44. The van der Waals surface area contributed by atoms with Crippen molar-refractivity contribution >= 4 is 39.1 Å². The van der Waals surface area contributed by atoms with E-state index in [9.17, 15) is 4.79 Å². The summed E-state index contributed by atoms with van der Waals surface area (Å²) < 4.78 is 3.32. The Morgan fingerprint density at radius 3 is 2.41 bits per heavy atom. The van der Waals surface area contributed by atoms with Gasteiger partial charge in [-0.15, -0.1) is 11.3 Å². The molecule has 164 valence electrons. The number of fused-ring (bicyclic) bond motifs is 1. The van der Waals surface area contributed by atoms with Crippen molar-refractivity contribution in [3.05, 3.63) is 93.5 Å². The van der Waals surface area contributed by atoms with Gasteiger partial charge in [-0.1, -0.05) is 54.1 Å². The Labute approximate surface area is 197 Å². The van der Waals surface area contributed by atoms with E-state index in [4.69, 9.17) is 11.6 Å². The van der Waals surface area contributed by atoms with Crippen molar-refractivity contribution in [1.29, 1.82) is 0 Å². The van der Waals surface area contributed by atoms with Gasteiger partial charge in [-0.3, -0.25) is 9.69 Å².